The predicted octanol–water partition coefficient (Wildman–Crippen LogP) is 1.85. The van der Waals surface area contributed by atoms with Crippen LogP contribution in [0.4, 0.5) is 0 Å². The quantitative estimate of drug-likeness (QED) is 0.283. The Morgan fingerprint density at radius 3 is 2.42 bits per heavy atom. The zero-order valence-electron chi connectivity index (χ0n) is 10.7. The molecule has 1 rings (SSSR count). The molecule has 1 aromatic rings. The molecule has 0 bridgehead atoms. The first kappa shape index (κ1) is 16.0. The number of nitrogens with one attached hydrogen (secondary N) is 1. The zero-order valence-corrected chi connectivity index (χ0v) is 11.6. The van der Waals surface area contributed by atoms with Crippen molar-refractivity contribution in [2.45, 2.75) is 32.1 Å². The Balaban J connectivity index is 2.11. The van der Waals surface area contributed by atoms with Gasteiger partial charge in [-0.2, -0.15) is 0 Å². The maximum absolute atomic E-state index is 10.7. The molecule has 19 heavy (non-hydrogen) atoms. The molecule has 0 amide bonds. The fourth-order valence-electron chi connectivity index (χ4n) is 1.77. The van der Waals surface area contributed by atoms with Gasteiger partial charge in [-0.1, -0.05) is 18.9 Å². The number of aromatic hydroxyl groups is 2. The minimum absolute atomic E-state index is 0.0941. The SMILES string of the molecule is NP(=O)(O)NCCCCCCc1ccc(O)c(O)c1. The van der Waals surface area contributed by atoms with E-state index in [4.69, 9.17) is 15.5 Å². The van der Waals surface area contributed by atoms with Crippen molar-refractivity contribution < 1.29 is 19.7 Å². The van der Waals surface area contributed by atoms with Crippen molar-refractivity contribution in [3.05, 3.63) is 23.8 Å². The van der Waals surface area contributed by atoms with Gasteiger partial charge in [0.05, 0.1) is 0 Å². The molecule has 7 heteroatoms. The molecule has 0 spiro atoms. The molecule has 108 valence electrons. The molecule has 0 aliphatic rings. The fraction of sp³-hybridized carbons (Fsp3) is 0.500. The van der Waals surface area contributed by atoms with Gasteiger partial charge in [0, 0.05) is 6.54 Å². The number of hydrogen-bond donors (Lipinski definition) is 5. The molecule has 0 aliphatic carbocycles. The van der Waals surface area contributed by atoms with E-state index >= 15 is 0 Å². The Labute approximate surface area is 112 Å². The van der Waals surface area contributed by atoms with E-state index < -0.39 is 7.67 Å². The molecule has 1 unspecified atom stereocenters. The number of aryl methyl sites for hydroxylation is 1. The maximum atomic E-state index is 10.7. The Bertz CT molecular complexity index is 447. The summed E-state index contributed by atoms with van der Waals surface area (Å²) in [5.41, 5.74) is 5.92. The first-order valence-corrected chi connectivity index (χ1v) is 7.99. The molecule has 0 aliphatic heterocycles. The van der Waals surface area contributed by atoms with Gasteiger partial charge in [0.2, 0.25) is 0 Å². The lowest BCUT2D eigenvalue weighted by Gasteiger charge is -2.07. The normalized spacial score (nSPS) is 14.2. The third-order valence-electron chi connectivity index (χ3n) is 2.77. The Morgan fingerprint density at radius 1 is 1.11 bits per heavy atom. The van der Waals surface area contributed by atoms with Crippen molar-refractivity contribution in [3.63, 3.8) is 0 Å². The first-order valence-electron chi connectivity index (χ1n) is 6.26. The summed E-state index contributed by atoms with van der Waals surface area (Å²) in [7, 11) is -3.58. The standard InChI is InChI=1S/C12H21N2O4P/c13-19(17,18)14-8-4-2-1-3-5-10-6-7-11(15)12(16)9-10/h6-7,9,15-16H,1-5,8H2,(H4,13,14,17,18). The van der Waals surface area contributed by atoms with Crippen LogP contribution < -0.4 is 10.6 Å². The number of hydrogen-bond acceptors (Lipinski definition) is 3. The lowest BCUT2D eigenvalue weighted by molar-refractivity contribution is 0.403. The van der Waals surface area contributed by atoms with E-state index in [0.29, 0.717) is 6.54 Å². The second-order valence-electron chi connectivity index (χ2n) is 4.52. The third kappa shape index (κ3) is 7.18. The summed E-state index contributed by atoms with van der Waals surface area (Å²) in [6.07, 6.45) is 4.52. The lowest BCUT2D eigenvalue weighted by Crippen LogP contribution is -2.16. The monoisotopic (exact) mass is 288 g/mol. The topological polar surface area (TPSA) is 116 Å². The summed E-state index contributed by atoms with van der Waals surface area (Å²) in [6, 6.07) is 4.83. The molecular formula is C12H21N2O4P. The Hall–Kier alpha value is -1.07. The van der Waals surface area contributed by atoms with Crippen LogP contribution in [0.5, 0.6) is 11.5 Å². The van der Waals surface area contributed by atoms with Crippen LogP contribution in [0.3, 0.4) is 0 Å². The van der Waals surface area contributed by atoms with Gasteiger partial charge in [-0.05, 0) is 37.0 Å². The van der Waals surface area contributed by atoms with Crippen molar-refractivity contribution in [1.82, 2.24) is 5.09 Å². The van der Waals surface area contributed by atoms with Crippen LogP contribution in [0.25, 0.3) is 0 Å². The van der Waals surface area contributed by atoms with Crippen LogP contribution in [-0.4, -0.2) is 21.7 Å². The van der Waals surface area contributed by atoms with Crippen LogP contribution in [0.2, 0.25) is 0 Å². The highest BCUT2D eigenvalue weighted by atomic mass is 31.2. The summed E-state index contributed by atoms with van der Waals surface area (Å²) in [4.78, 5) is 8.80. The molecule has 0 aromatic heterocycles. The highest BCUT2D eigenvalue weighted by molar-refractivity contribution is 7.53. The van der Waals surface area contributed by atoms with Gasteiger partial charge < -0.3 is 15.1 Å². The van der Waals surface area contributed by atoms with Crippen LogP contribution in [0.1, 0.15) is 31.2 Å². The number of nitrogens with two attached hydrogens (primary N) is 1. The van der Waals surface area contributed by atoms with Crippen molar-refractivity contribution >= 4 is 7.67 Å². The number of rotatable bonds is 8. The smallest absolute Gasteiger partial charge is 0.335 e. The summed E-state index contributed by atoms with van der Waals surface area (Å²) in [5, 5.41) is 20.9. The minimum Gasteiger partial charge on any atom is -0.504 e. The summed E-state index contributed by atoms with van der Waals surface area (Å²) >= 11 is 0. The second kappa shape index (κ2) is 7.50. The molecule has 0 heterocycles. The van der Waals surface area contributed by atoms with Crippen molar-refractivity contribution in [3.8, 4) is 11.5 Å². The third-order valence-corrected chi connectivity index (χ3v) is 3.45. The van der Waals surface area contributed by atoms with Gasteiger partial charge >= 0.3 is 7.67 Å². The number of phenols is 2. The van der Waals surface area contributed by atoms with Crippen LogP contribution in [0, 0.1) is 0 Å². The largest absolute Gasteiger partial charge is 0.504 e. The number of benzene rings is 1. The second-order valence-corrected chi connectivity index (χ2v) is 6.08. The molecule has 6 nitrogen and oxygen atoms in total. The number of phenolic OH excluding ortho intramolecular Hbond substituents is 2. The molecule has 0 saturated carbocycles. The van der Waals surface area contributed by atoms with Gasteiger partial charge in [-0.3, -0.25) is 4.57 Å². The maximum Gasteiger partial charge on any atom is 0.335 e. The molecule has 0 radical (unpaired) electrons. The van der Waals surface area contributed by atoms with Gasteiger partial charge in [-0.25, -0.2) is 10.6 Å². The van der Waals surface area contributed by atoms with E-state index in [9.17, 15) is 9.67 Å². The highest BCUT2D eigenvalue weighted by Crippen LogP contribution is 2.25. The number of unbranched alkanes of at least 4 members (excludes halogenated alkanes) is 3. The van der Waals surface area contributed by atoms with Crippen molar-refractivity contribution in [2.75, 3.05) is 6.54 Å². The van der Waals surface area contributed by atoms with Crippen LogP contribution in [0.15, 0.2) is 18.2 Å². The summed E-state index contributed by atoms with van der Waals surface area (Å²) < 4.78 is 10.7. The molecule has 6 N–H and O–H groups in total. The van der Waals surface area contributed by atoms with Crippen LogP contribution in [-0.2, 0) is 11.0 Å². The minimum atomic E-state index is -3.58. The molecule has 0 fully saturated rings. The molecule has 1 aromatic carbocycles. The zero-order chi connectivity index (χ0) is 14.3. The van der Waals surface area contributed by atoms with E-state index in [-0.39, 0.29) is 11.5 Å². The summed E-state index contributed by atoms with van der Waals surface area (Å²) in [5.74, 6) is -0.201. The molecular weight excluding hydrogens is 267 g/mol. The Kier molecular flexibility index (Phi) is 6.31. The summed E-state index contributed by atoms with van der Waals surface area (Å²) in [6.45, 7) is 0.435. The van der Waals surface area contributed by atoms with E-state index in [1.807, 2.05) is 0 Å². The van der Waals surface area contributed by atoms with E-state index in [1.54, 1.807) is 12.1 Å². The van der Waals surface area contributed by atoms with Gasteiger partial charge in [0.15, 0.2) is 11.5 Å². The van der Waals surface area contributed by atoms with E-state index in [2.05, 4.69) is 5.09 Å². The van der Waals surface area contributed by atoms with E-state index in [1.165, 1.54) is 6.07 Å². The van der Waals surface area contributed by atoms with Crippen molar-refractivity contribution in [2.24, 2.45) is 5.50 Å². The van der Waals surface area contributed by atoms with Gasteiger partial charge in [0.1, 0.15) is 0 Å². The van der Waals surface area contributed by atoms with Gasteiger partial charge in [-0.15, -0.1) is 0 Å². The molecule has 1 atom stereocenters. The average molecular weight is 288 g/mol. The highest BCUT2D eigenvalue weighted by Gasteiger charge is 2.07. The van der Waals surface area contributed by atoms with E-state index in [0.717, 1.165) is 37.7 Å². The van der Waals surface area contributed by atoms with Crippen LogP contribution >= 0.6 is 7.67 Å². The van der Waals surface area contributed by atoms with Crippen molar-refractivity contribution in [1.29, 1.82) is 0 Å². The predicted molar refractivity (Wildman–Crippen MR) is 74.0 cm³/mol. The van der Waals surface area contributed by atoms with Gasteiger partial charge in [0.25, 0.3) is 0 Å². The molecule has 0 saturated heterocycles. The Morgan fingerprint density at radius 2 is 1.79 bits per heavy atom. The lowest BCUT2D eigenvalue weighted by atomic mass is 10.1. The average Bonchev–Trinajstić information content (AvgIpc) is 2.31. The fourth-order valence-corrected chi connectivity index (χ4v) is 2.25. The first-order chi connectivity index (χ1) is 8.88.